The largest absolute Gasteiger partial charge is 0.387 e. The summed E-state index contributed by atoms with van der Waals surface area (Å²) in [6, 6.07) is 25.1. The van der Waals surface area contributed by atoms with E-state index in [-0.39, 0.29) is 0 Å². The second kappa shape index (κ2) is 9.91. The van der Waals surface area contributed by atoms with Crippen LogP contribution in [-0.2, 0) is 0 Å². The molecule has 28 heavy (non-hydrogen) atoms. The molecule has 0 saturated heterocycles. The molecule has 5 heteroatoms. The molecule has 0 radical (unpaired) electrons. The molecule has 0 bridgehead atoms. The van der Waals surface area contributed by atoms with Crippen LogP contribution in [0.5, 0.6) is 0 Å². The van der Waals surface area contributed by atoms with Crippen molar-refractivity contribution in [3.8, 4) is 17.2 Å². The van der Waals surface area contributed by atoms with Gasteiger partial charge >= 0.3 is 0 Å². The second-order valence-corrected chi connectivity index (χ2v) is 6.91. The van der Waals surface area contributed by atoms with Crippen LogP contribution in [0.1, 0.15) is 17.2 Å². The minimum absolute atomic E-state index is 0.461. The average molecular weight is 392 g/mol. The van der Waals surface area contributed by atoms with Gasteiger partial charge in [0.05, 0.1) is 17.7 Å². The van der Waals surface area contributed by atoms with E-state index in [1.54, 1.807) is 18.2 Å². The Bertz CT molecular complexity index is 968. The van der Waals surface area contributed by atoms with Crippen LogP contribution in [0.2, 0.25) is 5.02 Å². The molecule has 4 nitrogen and oxygen atoms in total. The Morgan fingerprint density at radius 2 is 1.68 bits per heavy atom. The lowest BCUT2D eigenvalue weighted by Gasteiger charge is -2.13. The molecular formula is C23H22ClN3O. The van der Waals surface area contributed by atoms with Crippen LogP contribution in [0, 0.1) is 11.3 Å². The number of hydrogen-bond donors (Lipinski definition) is 3. The monoisotopic (exact) mass is 391 g/mol. The predicted molar refractivity (Wildman–Crippen MR) is 114 cm³/mol. The number of rotatable bonds is 8. The van der Waals surface area contributed by atoms with Gasteiger partial charge in [-0.15, -0.1) is 0 Å². The summed E-state index contributed by atoms with van der Waals surface area (Å²) in [7, 11) is 0. The molecule has 3 rings (SSSR count). The fourth-order valence-electron chi connectivity index (χ4n) is 2.94. The molecule has 0 aliphatic heterocycles. The van der Waals surface area contributed by atoms with E-state index >= 15 is 0 Å². The molecule has 3 aromatic carbocycles. The molecule has 1 unspecified atom stereocenters. The Morgan fingerprint density at radius 1 is 0.929 bits per heavy atom. The molecular weight excluding hydrogens is 370 g/mol. The summed E-state index contributed by atoms with van der Waals surface area (Å²) in [6.07, 6.45) is -0.588. The van der Waals surface area contributed by atoms with E-state index in [0.717, 1.165) is 28.9 Å². The highest BCUT2D eigenvalue weighted by molar-refractivity contribution is 6.30. The summed E-state index contributed by atoms with van der Waals surface area (Å²) in [5.41, 5.74) is 4.55. The van der Waals surface area contributed by atoms with E-state index in [0.29, 0.717) is 23.7 Å². The minimum Gasteiger partial charge on any atom is -0.387 e. The topological polar surface area (TPSA) is 68.1 Å². The number of aliphatic hydroxyl groups excluding tert-OH is 1. The zero-order chi connectivity index (χ0) is 19.8. The minimum atomic E-state index is -0.588. The molecule has 0 aromatic heterocycles. The van der Waals surface area contributed by atoms with Gasteiger partial charge in [-0.05, 0) is 53.1 Å². The number of halogens is 1. The van der Waals surface area contributed by atoms with Crippen LogP contribution in [0.3, 0.4) is 0 Å². The smallest absolute Gasteiger partial charge is 0.0991 e. The quantitative estimate of drug-likeness (QED) is 0.490. The normalized spacial score (nSPS) is 11.6. The molecule has 3 aromatic rings. The summed E-state index contributed by atoms with van der Waals surface area (Å²) in [6.45, 7) is 1.90. The maximum absolute atomic E-state index is 10.2. The zero-order valence-corrected chi connectivity index (χ0v) is 16.2. The highest BCUT2D eigenvalue weighted by atomic mass is 35.5. The average Bonchev–Trinajstić information content (AvgIpc) is 2.73. The molecule has 3 N–H and O–H groups in total. The van der Waals surface area contributed by atoms with Crippen molar-refractivity contribution in [1.29, 1.82) is 5.26 Å². The van der Waals surface area contributed by atoms with E-state index < -0.39 is 6.10 Å². The molecule has 0 aliphatic rings. The van der Waals surface area contributed by atoms with Crippen molar-refractivity contribution in [2.24, 2.45) is 0 Å². The van der Waals surface area contributed by atoms with Gasteiger partial charge in [-0.25, -0.2) is 0 Å². The fourth-order valence-corrected chi connectivity index (χ4v) is 3.14. The van der Waals surface area contributed by atoms with Gasteiger partial charge < -0.3 is 15.7 Å². The van der Waals surface area contributed by atoms with Crippen molar-refractivity contribution in [1.82, 2.24) is 5.32 Å². The molecule has 0 aliphatic carbocycles. The van der Waals surface area contributed by atoms with E-state index in [9.17, 15) is 5.11 Å². The second-order valence-electron chi connectivity index (χ2n) is 6.48. The third-order valence-corrected chi connectivity index (χ3v) is 4.62. The predicted octanol–water partition coefficient (Wildman–Crippen LogP) is 4.61. The van der Waals surface area contributed by atoms with Crippen molar-refractivity contribution in [3.05, 3.63) is 88.9 Å². The van der Waals surface area contributed by atoms with Crippen LogP contribution in [0.4, 0.5) is 5.69 Å². The van der Waals surface area contributed by atoms with Crippen LogP contribution < -0.4 is 10.6 Å². The maximum atomic E-state index is 10.2. The van der Waals surface area contributed by atoms with Gasteiger partial charge in [-0.2, -0.15) is 5.26 Å². The summed E-state index contributed by atoms with van der Waals surface area (Å²) >= 11 is 5.96. The molecule has 0 spiro atoms. The van der Waals surface area contributed by atoms with Gasteiger partial charge in [0.1, 0.15) is 0 Å². The first-order chi connectivity index (χ1) is 13.7. The Hall–Kier alpha value is -2.84. The number of anilines is 1. The van der Waals surface area contributed by atoms with Gasteiger partial charge in [-0.3, -0.25) is 0 Å². The standard InChI is InChI=1S/C23H22ClN3O/c24-21-8-2-7-20(13-21)23(28)16-26-10-11-27-22-9-3-6-19(14-22)18-5-1-4-17(12-18)15-25/h1-9,12-14,23,26-28H,10-11,16H2. The lowest BCUT2D eigenvalue weighted by molar-refractivity contribution is 0.175. The van der Waals surface area contributed by atoms with Gasteiger partial charge in [0.15, 0.2) is 0 Å². The van der Waals surface area contributed by atoms with Crippen molar-refractivity contribution in [2.75, 3.05) is 25.0 Å². The first kappa shape index (κ1) is 19.9. The van der Waals surface area contributed by atoms with Crippen LogP contribution in [0.25, 0.3) is 11.1 Å². The fraction of sp³-hybridized carbons (Fsp3) is 0.174. The lowest BCUT2D eigenvalue weighted by Crippen LogP contribution is -2.26. The molecule has 0 fully saturated rings. The lowest BCUT2D eigenvalue weighted by atomic mass is 10.0. The van der Waals surface area contributed by atoms with E-state index in [4.69, 9.17) is 16.9 Å². The SMILES string of the molecule is N#Cc1cccc(-c2cccc(NCCNCC(O)c3cccc(Cl)c3)c2)c1. The van der Waals surface area contributed by atoms with E-state index in [1.807, 2.05) is 48.5 Å². The van der Waals surface area contributed by atoms with E-state index in [2.05, 4.69) is 22.8 Å². The number of nitriles is 1. The van der Waals surface area contributed by atoms with Gasteiger partial charge in [-0.1, -0.05) is 48.0 Å². The highest BCUT2D eigenvalue weighted by Gasteiger charge is 2.07. The summed E-state index contributed by atoms with van der Waals surface area (Å²) < 4.78 is 0. The molecule has 1 atom stereocenters. The Morgan fingerprint density at radius 3 is 2.46 bits per heavy atom. The Balaban J connectivity index is 1.48. The summed E-state index contributed by atoms with van der Waals surface area (Å²) in [4.78, 5) is 0. The van der Waals surface area contributed by atoms with Crippen molar-refractivity contribution >= 4 is 17.3 Å². The summed E-state index contributed by atoms with van der Waals surface area (Å²) in [5, 5.41) is 26.5. The van der Waals surface area contributed by atoms with Crippen LogP contribution in [-0.4, -0.2) is 24.7 Å². The first-order valence-corrected chi connectivity index (χ1v) is 9.52. The summed E-state index contributed by atoms with van der Waals surface area (Å²) in [5.74, 6) is 0. The third-order valence-electron chi connectivity index (χ3n) is 4.39. The number of nitrogens with zero attached hydrogens (tertiary/aromatic N) is 1. The molecule has 0 heterocycles. The highest BCUT2D eigenvalue weighted by Crippen LogP contribution is 2.23. The van der Waals surface area contributed by atoms with Gasteiger partial charge in [0, 0.05) is 30.3 Å². The van der Waals surface area contributed by atoms with Gasteiger partial charge in [0.2, 0.25) is 0 Å². The molecule has 0 amide bonds. The maximum Gasteiger partial charge on any atom is 0.0991 e. The van der Waals surface area contributed by atoms with Crippen molar-refractivity contribution in [2.45, 2.75) is 6.10 Å². The number of hydrogen-bond acceptors (Lipinski definition) is 4. The third kappa shape index (κ3) is 5.58. The van der Waals surface area contributed by atoms with Crippen LogP contribution in [0.15, 0.2) is 72.8 Å². The van der Waals surface area contributed by atoms with E-state index in [1.165, 1.54) is 0 Å². The van der Waals surface area contributed by atoms with Crippen molar-refractivity contribution in [3.63, 3.8) is 0 Å². The zero-order valence-electron chi connectivity index (χ0n) is 15.4. The van der Waals surface area contributed by atoms with Crippen molar-refractivity contribution < 1.29 is 5.11 Å². The van der Waals surface area contributed by atoms with Crippen LogP contribution >= 0.6 is 11.6 Å². The number of benzene rings is 3. The number of nitrogens with one attached hydrogen (secondary N) is 2. The Kier molecular flexibility index (Phi) is 7.05. The Labute approximate surface area is 170 Å². The number of aliphatic hydroxyl groups is 1. The van der Waals surface area contributed by atoms with Gasteiger partial charge in [0.25, 0.3) is 0 Å². The molecule has 142 valence electrons. The first-order valence-electron chi connectivity index (χ1n) is 9.14. The molecule has 0 saturated carbocycles.